The number of pyridine rings is 1. The van der Waals surface area contributed by atoms with Crippen LogP contribution in [0.25, 0.3) is 0 Å². The summed E-state index contributed by atoms with van der Waals surface area (Å²) in [5.41, 5.74) is 1.25. The first-order valence-corrected chi connectivity index (χ1v) is 4.45. The molecule has 0 saturated carbocycles. The van der Waals surface area contributed by atoms with Crippen molar-refractivity contribution in [1.82, 2.24) is 4.98 Å². The molecule has 1 heterocycles. The minimum atomic E-state index is 0.975. The van der Waals surface area contributed by atoms with E-state index in [4.69, 9.17) is 0 Å². The second kappa shape index (κ2) is 4.19. The Bertz CT molecular complexity index is 231. The number of nitrogens with zero attached hydrogens (tertiary/aromatic N) is 1. The second-order valence-corrected chi connectivity index (χ2v) is 3.63. The van der Waals surface area contributed by atoms with Gasteiger partial charge >= 0.3 is 0 Å². The molecule has 0 aliphatic rings. The van der Waals surface area contributed by atoms with Crippen LogP contribution >= 0.6 is 11.8 Å². The van der Waals surface area contributed by atoms with E-state index in [9.17, 15) is 0 Å². The van der Waals surface area contributed by atoms with Crippen LogP contribution in [0.1, 0.15) is 12.5 Å². The maximum Gasteiger partial charge on any atom is 0.0308 e. The van der Waals surface area contributed by atoms with Crippen molar-refractivity contribution in [2.24, 2.45) is 0 Å². The van der Waals surface area contributed by atoms with Crippen LogP contribution in [0.5, 0.6) is 0 Å². The fraction of sp³-hybridized carbons (Fsp3) is 0.222. The van der Waals surface area contributed by atoms with E-state index in [-0.39, 0.29) is 0 Å². The summed E-state index contributed by atoms with van der Waals surface area (Å²) in [5.74, 6) is 0.975. The highest BCUT2D eigenvalue weighted by Crippen LogP contribution is 2.17. The Morgan fingerprint density at radius 2 is 2.55 bits per heavy atom. The van der Waals surface area contributed by atoms with Crippen molar-refractivity contribution in [3.05, 3.63) is 41.6 Å². The zero-order valence-corrected chi connectivity index (χ0v) is 7.40. The zero-order chi connectivity index (χ0) is 8.10. The Balaban J connectivity index is 2.45. The molecule has 0 unspecified atom stereocenters. The third kappa shape index (κ3) is 3.23. The molecule has 2 heteroatoms. The standard InChI is InChI=1S/C9H11NS/c1-8(2)11-7-9-4-3-5-10-6-9/h3-6H,1,7H2,2H3. The first kappa shape index (κ1) is 8.34. The van der Waals surface area contributed by atoms with Gasteiger partial charge in [0, 0.05) is 18.1 Å². The molecule has 0 spiro atoms. The van der Waals surface area contributed by atoms with Crippen molar-refractivity contribution in [2.45, 2.75) is 12.7 Å². The first-order chi connectivity index (χ1) is 5.29. The number of aromatic nitrogens is 1. The van der Waals surface area contributed by atoms with E-state index in [1.807, 2.05) is 19.2 Å². The highest BCUT2D eigenvalue weighted by atomic mass is 32.2. The van der Waals surface area contributed by atoms with Gasteiger partial charge in [0.05, 0.1) is 0 Å². The molecule has 1 aromatic heterocycles. The van der Waals surface area contributed by atoms with E-state index in [2.05, 4.69) is 17.6 Å². The lowest BCUT2D eigenvalue weighted by Gasteiger charge is -1.98. The van der Waals surface area contributed by atoms with Crippen LogP contribution in [-0.2, 0) is 5.75 Å². The molecule has 0 atom stereocenters. The van der Waals surface area contributed by atoms with Crippen LogP contribution in [0.3, 0.4) is 0 Å². The van der Waals surface area contributed by atoms with Gasteiger partial charge in [0.15, 0.2) is 0 Å². The molecule has 0 radical (unpaired) electrons. The topological polar surface area (TPSA) is 12.9 Å². The number of hydrogen-bond acceptors (Lipinski definition) is 2. The molecular weight excluding hydrogens is 154 g/mol. The molecule has 0 saturated heterocycles. The van der Waals surface area contributed by atoms with Crippen molar-refractivity contribution in [3.8, 4) is 0 Å². The highest BCUT2D eigenvalue weighted by molar-refractivity contribution is 8.02. The van der Waals surface area contributed by atoms with Crippen LogP contribution in [0, 0.1) is 0 Å². The van der Waals surface area contributed by atoms with Gasteiger partial charge in [0.1, 0.15) is 0 Å². The average Bonchev–Trinajstić information content (AvgIpc) is 2.03. The van der Waals surface area contributed by atoms with E-state index in [0.29, 0.717) is 0 Å². The molecule has 0 amide bonds. The van der Waals surface area contributed by atoms with E-state index in [1.54, 1.807) is 18.0 Å². The van der Waals surface area contributed by atoms with E-state index >= 15 is 0 Å². The Labute approximate surface area is 71.5 Å². The molecule has 58 valence electrons. The number of allylic oxidation sites excluding steroid dienone is 1. The fourth-order valence-corrected chi connectivity index (χ4v) is 1.27. The molecule has 1 rings (SSSR count). The van der Waals surface area contributed by atoms with Crippen molar-refractivity contribution in [3.63, 3.8) is 0 Å². The summed E-state index contributed by atoms with van der Waals surface area (Å²) < 4.78 is 0. The first-order valence-electron chi connectivity index (χ1n) is 3.46. The van der Waals surface area contributed by atoms with Gasteiger partial charge in [-0.05, 0) is 23.5 Å². The molecule has 1 aromatic rings. The fourth-order valence-electron chi connectivity index (χ4n) is 0.690. The van der Waals surface area contributed by atoms with Gasteiger partial charge in [-0.1, -0.05) is 12.6 Å². The van der Waals surface area contributed by atoms with Crippen molar-refractivity contribution >= 4 is 11.8 Å². The van der Waals surface area contributed by atoms with Crippen molar-refractivity contribution in [1.29, 1.82) is 0 Å². The van der Waals surface area contributed by atoms with Gasteiger partial charge in [-0.2, -0.15) is 0 Å². The van der Waals surface area contributed by atoms with E-state index < -0.39 is 0 Å². The maximum absolute atomic E-state index is 4.02. The lowest BCUT2D eigenvalue weighted by atomic mass is 10.3. The molecule has 0 aromatic carbocycles. The Morgan fingerprint density at radius 3 is 3.09 bits per heavy atom. The monoisotopic (exact) mass is 165 g/mol. The Hall–Kier alpha value is -0.760. The lowest BCUT2D eigenvalue weighted by Crippen LogP contribution is -1.80. The second-order valence-electron chi connectivity index (χ2n) is 2.35. The van der Waals surface area contributed by atoms with Gasteiger partial charge in [-0.15, -0.1) is 11.8 Å². The van der Waals surface area contributed by atoms with Crippen LogP contribution in [0.15, 0.2) is 36.0 Å². The predicted molar refractivity (Wildman–Crippen MR) is 50.3 cm³/mol. The van der Waals surface area contributed by atoms with Gasteiger partial charge in [0.2, 0.25) is 0 Å². The Kier molecular flexibility index (Phi) is 3.17. The number of rotatable bonds is 3. The number of hydrogen-bond donors (Lipinski definition) is 0. The highest BCUT2D eigenvalue weighted by Gasteiger charge is 1.91. The zero-order valence-electron chi connectivity index (χ0n) is 6.58. The van der Waals surface area contributed by atoms with Crippen molar-refractivity contribution in [2.75, 3.05) is 0 Å². The van der Waals surface area contributed by atoms with E-state index in [0.717, 1.165) is 10.7 Å². The van der Waals surface area contributed by atoms with Gasteiger partial charge in [0.25, 0.3) is 0 Å². The minimum absolute atomic E-state index is 0.975. The smallest absolute Gasteiger partial charge is 0.0308 e. The van der Waals surface area contributed by atoms with Crippen molar-refractivity contribution < 1.29 is 0 Å². The summed E-state index contributed by atoms with van der Waals surface area (Å²) >= 11 is 1.75. The molecule has 0 aliphatic heterocycles. The van der Waals surface area contributed by atoms with Gasteiger partial charge in [-0.3, -0.25) is 4.98 Å². The van der Waals surface area contributed by atoms with Crippen LogP contribution < -0.4 is 0 Å². The summed E-state index contributed by atoms with van der Waals surface area (Å²) in [6.07, 6.45) is 3.67. The Morgan fingerprint density at radius 1 is 1.73 bits per heavy atom. The molecule has 0 fully saturated rings. The normalized spacial score (nSPS) is 9.55. The summed E-state index contributed by atoms with van der Waals surface area (Å²) in [6, 6.07) is 4.03. The predicted octanol–water partition coefficient (Wildman–Crippen LogP) is 2.85. The lowest BCUT2D eigenvalue weighted by molar-refractivity contribution is 1.25. The SMILES string of the molecule is C=C(C)SCc1cccnc1. The van der Waals surface area contributed by atoms with Crippen LogP contribution in [0.4, 0.5) is 0 Å². The third-order valence-corrected chi connectivity index (χ3v) is 2.18. The molecule has 1 nitrogen and oxygen atoms in total. The largest absolute Gasteiger partial charge is 0.264 e. The summed E-state index contributed by atoms with van der Waals surface area (Å²) in [6.45, 7) is 5.83. The molecule has 11 heavy (non-hydrogen) atoms. The third-order valence-electron chi connectivity index (χ3n) is 1.21. The van der Waals surface area contributed by atoms with E-state index in [1.165, 1.54) is 5.56 Å². The number of thioether (sulfide) groups is 1. The quantitative estimate of drug-likeness (QED) is 0.683. The molecule has 0 N–H and O–H groups in total. The van der Waals surface area contributed by atoms with Gasteiger partial charge in [-0.25, -0.2) is 0 Å². The maximum atomic E-state index is 4.02. The minimum Gasteiger partial charge on any atom is -0.264 e. The average molecular weight is 165 g/mol. The molecule has 0 bridgehead atoms. The summed E-state index contributed by atoms with van der Waals surface area (Å²) in [4.78, 5) is 5.17. The molecule has 0 aliphatic carbocycles. The van der Waals surface area contributed by atoms with Crippen LogP contribution in [-0.4, -0.2) is 4.98 Å². The molecular formula is C9H11NS. The summed E-state index contributed by atoms with van der Waals surface area (Å²) in [7, 11) is 0. The van der Waals surface area contributed by atoms with Gasteiger partial charge < -0.3 is 0 Å². The summed E-state index contributed by atoms with van der Waals surface area (Å²) in [5, 5.41) is 0. The van der Waals surface area contributed by atoms with Crippen LogP contribution in [0.2, 0.25) is 0 Å².